The van der Waals surface area contributed by atoms with Crippen LogP contribution in [0.5, 0.6) is 0 Å². The Bertz CT molecular complexity index is 392. The first-order valence-corrected chi connectivity index (χ1v) is 7.02. The summed E-state index contributed by atoms with van der Waals surface area (Å²) in [7, 11) is 0. The molecule has 0 radical (unpaired) electrons. The van der Waals surface area contributed by atoms with E-state index in [0.29, 0.717) is 11.4 Å². The van der Waals surface area contributed by atoms with Crippen LogP contribution < -0.4 is 5.32 Å². The third-order valence-electron chi connectivity index (χ3n) is 4.20. The number of aryl methyl sites for hydroxylation is 1. The van der Waals surface area contributed by atoms with Crippen LogP contribution in [0.4, 0.5) is 0 Å². The van der Waals surface area contributed by atoms with Crippen LogP contribution in [-0.2, 0) is 6.54 Å². The van der Waals surface area contributed by atoms with E-state index in [1.807, 2.05) is 6.92 Å². The van der Waals surface area contributed by atoms with Gasteiger partial charge in [0.05, 0.1) is 6.54 Å². The fourth-order valence-electron chi connectivity index (χ4n) is 3.35. The molecular formula is C13H22N4O. The second-order valence-corrected chi connectivity index (χ2v) is 5.71. The molecule has 0 unspecified atom stereocenters. The maximum absolute atomic E-state index is 5.04. The Morgan fingerprint density at radius 2 is 2.17 bits per heavy atom. The molecule has 2 aliphatic rings. The number of nitrogens with zero attached hydrogens (tertiary/aromatic N) is 3. The number of nitrogens with one attached hydrogen (secondary N) is 1. The predicted octanol–water partition coefficient (Wildman–Crippen LogP) is 1.49. The molecule has 100 valence electrons. The maximum Gasteiger partial charge on any atom is 0.223 e. The zero-order valence-electron chi connectivity index (χ0n) is 11.1. The average molecular weight is 250 g/mol. The normalized spacial score (nSPS) is 24.5. The minimum Gasteiger partial charge on any atom is -0.340 e. The van der Waals surface area contributed by atoms with Crippen LogP contribution in [0.25, 0.3) is 0 Å². The number of rotatable bonds is 2. The highest BCUT2D eigenvalue weighted by Crippen LogP contribution is 2.30. The molecule has 2 heterocycles. The van der Waals surface area contributed by atoms with Crippen molar-refractivity contribution >= 4 is 0 Å². The summed E-state index contributed by atoms with van der Waals surface area (Å²) in [6.45, 7) is 5.95. The average Bonchev–Trinajstić information content (AvgIpc) is 2.76. The standard InChI is InChI=1S/C13H22N4O/c1-11-15-12(16-18-11)9-17-8-7-14-13(10-17)5-3-2-4-6-13/h14H,2-10H2,1H3. The maximum atomic E-state index is 5.04. The van der Waals surface area contributed by atoms with E-state index < -0.39 is 0 Å². The van der Waals surface area contributed by atoms with Crippen LogP contribution in [0.3, 0.4) is 0 Å². The van der Waals surface area contributed by atoms with E-state index in [4.69, 9.17) is 4.52 Å². The van der Waals surface area contributed by atoms with Crippen LogP contribution >= 0.6 is 0 Å². The van der Waals surface area contributed by atoms with Gasteiger partial charge >= 0.3 is 0 Å². The molecule has 1 saturated carbocycles. The molecule has 1 aromatic rings. The molecule has 0 atom stereocenters. The molecule has 1 N–H and O–H groups in total. The molecule has 0 bridgehead atoms. The van der Waals surface area contributed by atoms with Gasteiger partial charge < -0.3 is 9.84 Å². The molecular weight excluding hydrogens is 228 g/mol. The second-order valence-electron chi connectivity index (χ2n) is 5.71. The van der Waals surface area contributed by atoms with Gasteiger partial charge in [-0.3, -0.25) is 4.90 Å². The van der Waals surface area contributed by atoms with Crippen molar-refractivity contribution in [3.63, 3.8) is 0 Å². The van der Waals surface area contributed by atoms with Crippen molar-refractivity contribution in [3.8, 4) is 0 Å². The van der Waals surface area contributed by atoms with Gasteiger partial charge in [0.1, 0.15) is 0 Å². The lowest BCUT2D eigenvalue weighted by Crippen LogP contribution is -2.60. The Morgan fingerprint density at radius 1 is 1.33 bits per heavy atom. The fourth-order valence-corrected chi connectivity index (χ4v) is 3.35. The molecule has 1 saturated heterocycles. The van der Waals surface area contributed by atoms with Gasteiger partial charge in [0.2, 0.25) is 5.89 Å². The summed E-state index contributed by atoms with van der Waals surface area (Å²) in [4.78, 5) is 6.76. The van der Waals surface area contributed by atoms with Gasteiger partial charge in [-0.1, -0.05) is 24.4 Å². The van der Waals surface area contributed by atoms with Crippen molar-refractivity contribution in [1.82, 2.24) is 20.4 Å². The van der Waals surface area contributed by atoms with Gasteiger partial charge in [0, 0.05) is 32.1 Å². The predicted molar refractivity (Wildman–Crippen MR) is 68.1 cm³/mol. The van der Waals surface area contributed by atoms with Crippen LogP contribution in [0.2, 0.25) is 0 Å². The van der Waals surface area contributed by atoms with E-state index in [0.717, 1.165) is 32.0 Å². The van der Waals surface area contributed by atoms with Gasteiger partial charge in [-0.25, -0.2) is 0 Å². The SMILES string of the molecule is Cc1nc(CN2CCNC3(CCCCC3)C2)no1. The summed E-state index contributed by atoms with van der Waals surface area (Å²) >= 11 is 0. The molecule has 1 aliphatic heterocycles. The summed E-state index contributed by atoms with van der Waals surface area (Å²) in [5.41, 5.74) is 0.356. The minimum atomic E-state index is 0.356. The lowest BCUT2D eigenvalue weighted by atomic mass is 9.80. The molecule has 1 spiro atoms. The number of hydrogen-bond donors (Lipinski definition) is 1. The van der Waals surface area contributed by atoms with Crippen molar-refractivity contribution in [2.24, 2.45) is 0 Å². The molecule has 5 nitrogen and oxygen atoms in total. The molecule has 2 fully saturated rings. The summed E-state index contributed by atoms with van der Waals surface area (Å²) in [5, 5.41) is 7.74. The van der Waals surface area contributed by atoms with Crippen LogP contribution in [0, 0.1) is 6.92 Å². The van der Waals surface area contributed by atoms with E-state index in [2.05, 4.69) is 20.4 Å². The molecule has 0 aromatic carbocycles. The van der Waals surface area contributed by atoms with E-state index in [9.17, 15) is 0 Å². The molecule has 0 amide bonds. The van der Waals surface area contributed by atoms with Crippen molar-refractivity contribution in [1.29, 1.82) is 0 Å². The first kappa shape index (κ1) is 12.1. The van der Waals surface area contributed by atoms with E-state index >= 15 is 0 Å². The summed E-state index contributed by atoms with van der Waals surface area (Å²) in [6, 6.07) is 0. The zero-order chi connectivity index (χ0) is 12.4. The highest BCUT2D eigenvalue weighted by Gasteiger charge is 2.36. The van der Waals surface area contributed by atoms with Crippen molar-refractivity contribution < 1.29 is 4.52 Å². The monoisotopic (exact) mass is 250 g/mol. The van der Waals surface area contributed by atoms with Gasteiger partial charge in [0.15, 0.2) is 5.82 Å². The van der Waals surface area contributed by atoms with Crippen molar-refractivity contribution in [3.05, 3.63) is 11.7 Å². The van der Waals surface area contributed by atoms with Gasteiger partial charge in [-0.2, -0.15) is 4.98 Å². The molecule has 3 rings (SSSR count). The van der Waals surface area contributed by atoms with E-state index in [1.165, 1.54) is 32.1 Å². The Morgan fingerprint density at radius 3 is 2.89 bits per heavy atom. The summed E-state index contributed by atoms with van der Waals surface area (Å²) < 4.78 is 5.04. The Labute approximate surface area is 108 Å². The highest BCUT2D eigenvalue weighted by atomic mass is 16.5. The first-order valence-electron chi connectivity index (χ1n) is 7.02. The Hall–Kier alpha value is -0.940. The first-order chi connectivity index (χ1) is 8.76. The van der Waals surface area contributed by atoms with Crippen molar-refractivity contribution in [2.45, 2.75) is 51.1 Å². The third-order valence-corrected chi connectivity index (χ3v) is 4.20. The molecule has 1 aliphatic carbocycles. The van der Waals surface area contributed by atoms with Crippen LogP contribution in [0.15, 0.2) is 4.52 Å². The summed E-state index contributed by atoms with van der Waals surface area (Å²) in [6.07, 6.45) is 6.75. The lowest BCUT2D eigenvalue weighted by molar-refractivity contribution is 0.0921. The quantitative estimate of drug-likeness (QED) is 0.861. The van der Waals surface area contributed by atoms with Gasteiger partial charge in [-0.15, -0.1) is 0 Å². The lowest BCUT2D eigenvalue weighted by Gasteiger charge is -2.45. The Kier molecular flexibility index (Phi) is 3.35. The summed E-state index contributed by atoms with van der Waals surface area (Å²) in [5.74, 6) is 1.48. The minimum absolute atomic E-state index is 0.356. The Balaban J connectivity index is 1.63. The molecule has 18 heavy (non-hydrogen) atoms. The fraction of sp³-hybridized carbons (Fsp3) is 0.846. The van der Waals surface area contributed by atoms with E-state index in [-0.39, 0.29) is 0 Å². The number of hydrogen-bond acceptors (Lipinski definition) is 5. The third kappa shape index (κ3) is 2.57. The van der Waals surface area contributed by atoms with Crippen LogP contribution in [-0.4, -0.2) is 40.2 Å². The van der Waals surface area contributed by atoms with Crippen molar-refractivity contribution in [2.75, 3.05) is 19.6 Å². The number of aromatic nitrogens is 2. The zero-order valence-corrected chi connectivity index (χ0v) is 11.1. The van der Waals surface area contributed by atoms with Gasteiger partial charge in [0.25, 0.3) is 0 Å². The highest BCUT2D eigenvalue weighted by molar-refractivity contribution is 4.97. The molecule has 5 heteroatoms. The molecule has 1 aromatic heterocycles. The van der Waals surface area contributed by atoms with Crippen LogP contribution in [0.1, 0.15) is 43.8 Å². The number of piperazine rings is 1. The second kappa shape index (κ2) is 4.97. The van der Waals surface area contributed by atoms with Gasteiger partial charge in [-0.05, 0) is 12.8 Å². The smallest absolute Gasteiger partial charge is 0.223 e. The largest absolute Gasteiger partial charge is 0.340 e. The topological polar surface area (TPSA) is 54.2 Å². The van der Waals surface area contributed by atoms with E-state index in [1.54, 1.807) is 0 Å².